The van der Waals surface area contributed by atoms with E-state index in [0.29, 0.717) is 0 Å². The van der Waals surface area contributed by atoms with Crippen molar-refractivity contribution in [3.05, 3.63) is 42.1 Å². The molecule has 0 aliphatic heterocycles. The minimum atomic E-state index is -0.318. The Hall–Kier alpha value is -1.90. The van der Waals surface area contributed by atoms with Crippen LogP contribution in [-0.2, 0) is 11.2 Å². The van der Waals surface area contributed by atoms with Gasteiger partial charge in [0.05, 0.1) is 11.9 Å². The number of rotatable bonds is 2. The fraction of sp³-hybridized carbons (Fsp3) is 0.0909. The molecule has 3 nitrogen and oxygen atoms in total. The Bertz CT molecular complexity index is 474. The normalized spacial score (nSPS) is 10.3. The predicted molar refractivity (Wildman–Crippen MR) is 54.6 cm³/mol. The summed E-state index contributed by atoms with van der Waals surface area (Å²) in [6.07, 6.45) is 1.96. The van der Waals surface area contributed by atoms with Crippen molar-refractivity contribution < 1.29 is 4.79 Å². The zero-order valence-electron chi connectivity index (χ0n) is 7.60. The Morgan fingerprint density at radius 3 is 2.86 bits per heavy atom. The average molecular weight is 186 g/mol. The third-order valence-electron chi connectivity index (χ3n) is 2.10. The van der Waals surface area contributed by atoms with Crippen molar-refractivity contribution in [2.24, 2.45) is 5.73 Å². The lowest BCUT2D eigenvalue weighted by atomic mass is 10.1. The van der Waals surface area contributed by atoms with Gasteiger partial charge >= 0.3 is 0 Å². The van der Waals surface area contributed by atoms with Crippen molar-refractivity contribution in [3.63, 3.8) is 0 Å². The first-order valence-corrected chi connectivity index (χ1v) is 4.38. The summed E-state index contributed by atoms with van der Waals surface area (Å²) < 4.78 is 0. The van der Waals surface area contributed by atoms with Gasteiger partial charge in [-0.15, -0.1) is 0 Å². The maximum absolute atomic E-state index is 10.8. The van der Waals surface area contributed by atoms with Gasteiger partial charge in [-0.25, -0.2) is 0 Å². The second-order valence-electron chi connectivity index (χ2n) is 3.13. The molecule has 70 valence electrons. The molecule has 0 bridgehead atoms. The number of fused-ring (bicyclic) bond motifs is 1. The second-order valence-corrected chi connectivity index (χ2v) is 3.13. The first kappa shape index (κ1) is 8.69. The van der Waals surface area contributed by atoms with Crippen molar-refractivity contribution in [1.82, 2.24) is 4.98 Å². The van der Waals surface area contributed by atoms with Crippen LogP contribution in [0.5, 0.6) is 0 Å². The molecule has 0 saturated heterocycles. The van der Waals surface area contributed by atoms with Crippen LogP contribution in [0, 0.1) is 0 Å². The molecule has 2 rings (SSSR count). The highest BCUT2D eigenvalue weighted by Crippen LogP contribution is 2.16. The summed E-state index contributed by atoms with van der Waals surface area (Å²) in [7, 11) is 0. The molecule has 0 aliphatic carbocycles. The summed E-state index contributed by atoms with van der Waals surface area (Å²) in [6, 6.07) is 9.53. The molecule has 1 aromatic carbocycles. The third-order valence-corrected chi connectivity index (χ3v) is 2.10. The topological polar surface area (TPSA) is 56.0 Å². The van der Waals surface area contributed by atoms with E-state index in [2.05, 4.69) is 4.98 Å². The number of nitrogens with zero attached hydrogens (tertiary/aromatic N) is 1. The molecule has 0 saturated carbocycles. The fourth-order valence-corrected chi connectivity index (χ4v) is 1.50. The van der Waals surface area contributed by atoms with Crippen LogP contribution in [0.2, 0.25) is 0 Å². The van der Waals surface area contributed by atoms with Gasteiger partial charge in [0.1, 0.15) is 0 Å². The number of hydrogen-bond donors (Lipinski definition) is 1. The van der Waals surface area contributed by atoms with Gasteiger partial charge in [0.15, 0.2) is 0 Å². The molecule has 2 aromatic rings. The minimum absolute atomic E-state index is 0.267. The molecule has 1 amide bonds. The van der Waals surface area contributed by atoms with E-state index in [9.17, 15) is 4.79 Å². The summed E-state index contributed by atoms with van der Waals surface area (Å²) in [5.41, 5.74) is 6.98. The number of benzene rings is 1. The largest absolute Gasteiger partial charge is 0.369 e. The number of carbonyl (C=O) groups is 1. The van der Waals surface area contributed by atoms with E-state index in [4.69, 9.17) is 5.73 Å². The smallest absolute Gasteiger partial charge is 0.221 e. The molecule has 3 heteroatoms. The lowest BCUT2D eigenvalue weighted by Gasteiger charge is -2.02. The molecule has 0 unspecified atom stereocenters. The van der Waals surface area contributed by atoms with Crippen molar-refractivity contribution in [2.45, 2.75) is 6.42 Å². The molecule has 1 aromatic heterocycles. The summed E-state index contributed by atoms with van der Waals surface area (Å²) in [5.74, 6) is -0.318. The van der Waals surface area contributed by atoms with E-state index >= 15 is 0 Å². The fourth-order valence-electron chi connectivity index (χ4n) is 1.50. The van der Waals surface area contributed by atoms with Crippen LogP contribution in [0.4, 0.5) is 0 Å². The van der Waals surface area contributed by atoms with Crippen LogP contribution in [0.3, 0.4) is 0 Å². The average Bonchev–Trinajstić information content (AvgIpc) is 2.18. The molecule has 0 radical (unpaired) electrons. The Morgan fingerprint density at radius 1 is 1.29 bits per heavy atom. The number of carbonyl (C=O) groups excluding carboxylic acids is 1. The summed E-state index contributed by atoms with van der Waals surface area (Å²) in [5, 5.41) is 0.994. The lowest BCUT2D eigenvalue weighted by molar-refractivity contribution is -0.117. The Balaban J connectivity index is 2.59. The SMILES string of the molecule is NC(=O)Cc1ccnc2ccccc12. The van der Waals surface area contributed by atoms with Crippen LogP contribution >= 0.6 is 0 Å². The highest BCUT2D eigenvalue weighted by molar-refractivity contribution is 5.87. The highest BCUT2D eigenvalue weighted by atomic mass is 16.1. The quantitative estimate of drug-likeness (QED) is 0.767. The molecule has 2 N–H and O–H groups in total. The van der Waals surface area contributed by atoms with E-state index in [1.165, 1.54) is 0 Å². The standard InChI is InChI=1S/C11H10N2O/c12-11(14)7-8-5-6-13-10-4-2-1-3-9(8)10/h1-6H,7H2,(H2,12,14). The number of hydrogen-bond acceptors (Lipinski definition) is 2. The second kappa shape index (κ2) is 3.46. The molecule has 0 spiro atoms. The van der Waals surface area contributed by atoms with E-state index < -0.39 is 0 Å². The lowest BCUT2D eigenvalue weighted by Crippen LogP contribution is -2.13. The molecule has 0 fully saturated rings. The maximum Gasteiger partial charge on any atom is 0.221 e. The number of pyridine rings is 1. The molecular weight excluding hydrogens is 176 g/mol. The van der Waals surface area contributed by atoms with Crippen molar-refractivity contribution >= 4 is 16.8 Å². The summed E-state index contributed by atoms with van der Waals surface area (Å²) >= 11 is 0. The maximum atomic E-state index is 10.8. The number of aromatic nitrogens is 1. The van der Waals surface area contributed by atoms with Crippen molar-refractivity contribution in [3.8, 4) is 0 Å². The number of amides is 1. The highest BCUT2D eigenvalue weighted by Gasteiger charge is 2.03. The van der Waals surface area contributed by atoms with Gasteiger partial charge in [-0.3, -0.25) is 9.78 Å². The van der Waals surface area contributed by atoms with Crippen LogP contribution in [0.25, 0.3) is 10.9 Å². The monoisotopic (exact) mass is 186 g/mol. The van der Waals surface area contributed by atoms with Gasteiger partial charge in [-0.2, -0.15) is 0 Å². The van der Waals surface area contributed by atoms with Crippen LogP contribution in [-0.4, -0.2) is 10.9 Å². The van der Waals surface area contributed by atoms with Crippen molar-refractivity contribution in [2.75, 3.05) is 0 Å². The van der Waals surface area contributed by atoms with Gasteiger partial charge < -0.3 is 5.73 Å². The number of para-hydroxylation sites is 1. The van der Waals surface area contributed by atoms with Gasteiger partial charge in [-0.05, 0) is 17.7 Å². The minimum Gasteiger partial charge on any atom is -0.369 e. The van der Waals surface area contributed by atoms with E-state index in [1.807, 2.05) is 30.3 Å². The zero-order chi connectivity index (χ0) is 9.97. The zero-order valence-corrected chi connectivity index (χ0v) is 7.60. The molecule has 14 heavy (non-hydrogen) atoms. The third kappa shape index (κ3) is 1.57. The van der Waals surface area contributed by atoms with Crippen molar-refractivity contribution in [1.29, 1.82) is 0 Å². The first-order valence-electron chi connectivity index (χ1n) is 4.38. The number of nitrogens with two attached hydrogens (primary N) is 1. The van der Waals surface area contributed by atoms with Gasteiger partial charge in [0, 0.05) is 11.6 Å². The Kier molecular flexibility index (Phi) is 2.14. The van der Waals surface area contributed by atoms with Gasteiger partial charge in [0.2, 0.25) is 5.91 Å². The van der Waals surface area contributed by atoms with Crippen LogP contribution < -0.4 is 5.73 Å². The van der Waals surface area contributed by atoms with Crippen LogP contribution in [0.15, 0.2) is 36.5 Å². The van der Waals surface area contributed by atoms with E-state index in [0.717, 1.165) is 16.5 Å². The van der Waals surface area contributed by atoms with E-state index in [-0.39, 0.29) is 12.3 Å². The Morgan fingerprint density at radius 2 is 2.07 bits per heavy atom. The van der Waals surface area contributed by atoms with Gasteiger partial charge in [-0.1, -0.05) is 18.2 Å². The summed E-state index contributed by atoms with van der Waals surface area (Å²) in [6.45, 7) is 0. The molecule has 0 aliphatic rings. The van der Waals surface area contributed by atoms with Crippen LogP contribution in [0.1, 0.15) is 5.56 Å². The van der Waals surface area contributed by atoms with E-state index in [1.54, 1.807) is 6.20 Å². The number of primary amides is 1. The first-order chi connectivity index (χ1) is 6.77. The molecule has 0 atom stereocenters. The predicted octanol–water partition coefficient (Wildman–Crippen LogP) is 1.26. The molecular formula is C11H10N2O. The summed E-state index contributed by atoms with van der Waals surface area (Å²) in [4.78, 5) is 15.0. The van der Waals surface area contributed by atoms with Gasteiger partial charge in [0.25, 0.3) is 0 Å². The molecule has 1 heterocycles. The Labute approximate surface area is 81.6 Å².